The van der Waals surface area contributed by atoms with Gasteiger partial charge in [0.25, 0.3) is 0 Å². The van der Waals surface area contributed by atoms with Crippen LogP contribution in [-0.2, 0) is 4.74 Å². The van der Waals surface area contributed by atoms with E-state index in [0.29, 0.717) is 37.1 Å². The number of hydrogen-bond donors (Lipinski definition) is 2. The average Bonchev–Trinajstić information content (AvgIpc) is 2.94. The first kappa shape index (κ1) is 15.9. The number of fused-ring (bicyclic) bond motifs is 1. The van der Waals surface area contributed by atoms with Gasteiger partial charge in [-0.05, 0) is 19.1 Å². The lowest BCUT2D eigenvalue weighted by atomic mass is 10.3. The van der Waals surface area contributed by atoms with Gasteiger partial charge in [-0.25, -0.2) is 9.97 Å². The van der Waals surface area contributed by atoms with Crippen LogP contribution in [0.5, 0.6) is 0 Å². The lowest BCUT2D eigenvalue weighted by molar-refractivity contribution is 0.158. The van der Waals surface area contributed by atoms with Crippen molar-refractivity contribution in [3.8, 4) is 10.6 Å². The molecule has 3 rings (SSSR count). The van der Waals surface area contributed by atoms with Gasteiger partial charge in [-0.2, -0.15) is 4.98 Å². The molecule has 23 heavy (non-hydrogen) atoms. The maximum absolute atomic E-state index is 6.30. The van der Waals surface area contributed by atoms with Crippen LogP contribution in [-0.4, -0.2) is 34.7 Å². The van der Waals surface area contributed by atoms with Crippen molar-refractivity contribution in [2.75, 3.05) is 30.8 Å². The first-order chi connectivity index (χ1) is 11.2. The number of nitrogens with one attached hydrogen (secondary N) is 1. The number of halogens is 1. The van der Waals surface area contributed by atoms with E-state index in [4.69, 9.17) is 22.1 Å². The van der Waals surface area contributed by atoms with Crippen molar-refractivity contribution in [2.24, 2.45) is 0 Å². The molecule has 0 atom stereocenters. The molecule has 2 aromatic heterocycles. The van der Waals surface area contributed by atoms with E-state index in [9.17, 15) is 0 Å². The molecule has 3 aromatic rings. The third-order valence-corrected chi connectivity index (χ3v) is 4.46. The molecule has 1 aromatic carbocycles. The van der Waals surface area contributed by atoms with Crippen LogP contribution in [0.3, 0.4) is 0 Å². The van der Waals surface area contributed by atoms with Gasteiger partial charge >= 0.3 is 0 Å². The predicted octanol–water partition coefficient (Wildman–Crippen LogP) is 3.44. The van der Waals surface area contributed by atoms with E-state index in [1.807, 2.05) is 31.2 Å². The number of ether oxygens (including phenoxy) is 1. The molecule has 0 saturated carbocycles. The lowest BCUT2D eigenvalue weighted by Crippen LogP contribution is -2.12. The van der Waals surface area contributed by atoms with Crippen LogP contribution in [0.15, 0.2) is 24.3 Å². The number of rotatable bonds is 6. The van der Waals surface area contributed by atoms with E-state index < -0.39 is 0 Å². The highest BCUT2D eigenvalue weighted by molar-refractivity contribution is 7.21. The number of anilines is 2. The Bertz CT molecular complexity index is 766. The van der Waals surface area contributed by atoms with Crippen LogP contribution in [0, 0.1) is 0 Å². The largest absolute Gasteiger partial charge is 0.383 e. The van der Waals surface area contributed by atoms with E-state index in [0.717, 1.165) is 15.2 Å². The Morgan fingerprint density at radius 3 is 2.83 bits per heavy atom. The molecule has 0 spiro atoms. The number of thiazole rings is 1. The summed E-state index contributed by atoms with van der Waals surface area (Å²) in [6.45, 7) is 3.77. The van der Waals surface area contributed by atoms with Gasteiger partial charge in [0.2, 0.25) is 5.95 Å². The van der Waals surface area contributed by atoms with Gasteiger partial charge in [0.1, 0.15) is 16.0 Å². The fraction of sp³-hybridized carbons (Fsp3) is 0.267. The van der Waals surface area contributed by atoms with Crippen molar-refractivity contribution in [1.29, 1.82) is 0 Å². The average molecular weight is 350 g/mol. The SMILES string of the molecule is CCOCCNc1nc(N)c(-c2nc3ccccc3s2)c(Cl)n1. The van der Waals surface area contributed by atoms with Crippen LogP contribution >= 0.6 is 22.9 Å². The Kier molecular flexibility index (Phi) is 4.90. The van der Waals surface area contributed by atoms with Gasteiger partial charge in [-0.15, -0.1) is 11.3 Å². The van der Waals surface area contributed by atoms with Gasteiger partial charge in [-0.3, -0.25) is 0 Å². The summed E-state index contributed by atoms with van der Waals surface area (Å²) in [6, 6.07) is 7.87. The van der Waals surface area contributed by atoms with E-state index >= 15 is 0 Å². The molecule has 0 amide bonds. The molecule has 0 fully saturated rings. The van der Waals surface area contributed by atoms with Gasteiger partial charge in [-0.1, -0.05) is 23.7 Å². The smallest absolute Gasteiger partial charge is 0.226 e. The third kappa shape index (κ3) is 3.52. The first-order valence-corrected chi connectivity index (χ1v) is 8.39. The number of para-hydroxylation sites is 1. The number of hydrogen-bond acceptors (Lipinski definition) is 7. The molecule has 0 bridgehead atoms. The van der Waals surface area contributed by atoms with Crippen LogP contribution < -0.4 is 11.1 Å². The highest BCUT2D eigenvalue weighted by Gasteiger charge is 2.16. The summed E-state index contributed by atoms with van der Waals surface area (Å²) in [6.07, 6.45) is 0. The number of benzene rings is 1. The molecule has 0 aliphatic heterocycles. The summed E-state index contributed by atoms with van der Waals surface area (Å²) >= 11 is 7.81. The van der Waals surface area contributed by atoms with Crippen molar-refractivity contribution in [3.63, 3.8) is 0 Å². The van der Waals surface area contributed by atoms with Crippen LogP contribution in [0.2, 0.25) is 5.15 Å². The lowest BCUT2D eigenvalue weighted by Gasteiger charge is -2.09. The Labute approximate surface area is 142 Å². The number of nitrogens with zero attached hydrogens (tertiary/aromatic N) is 3. The Balaban J connectivity index is 1.87. The summed E-state index contributed by atoms with van der Waals surface area (Å²) in [4.78, 5) is 13.1. The van der Waals surface area contributed by atoms with Crippen molar-refractivity contribution < 1.29 is 4.74 Å². The maximum Gasteiger partial charge on any atom is 0.226 e. The Morgan fingerprint density at radius 1 is 1.26 bits per heavy atom. The second-order valence-corrected chi connectivity index (χ2v) is 6.10. The van der Waals surface area contributed by atoms with Crippen LogP contribution in [0.25, 0.3) is 20.8 Å². The molecule has 0 unspecified atom stereocenters. The Hall–Kier alpha value is -1.96. The van der Waals surface area contributed by atoms with Gasteiger partial charge in [0.15, 0.2) is 0 Å². The van der Waals surface area contributed by atoms with Crippen LogP contribution in [0.1, 0.15) is 6.92 Å². The first-order valence-electron chi connectivity index (χ1n) is 7.19. The normalized spacial score (nSPS) is 11.0. The molecule has 120 valence electrons. The van der Waals surface area contributed by atoms with Crippen molar-refractivity contribution in [3.05, 3.63) is 29.4 Å². The fourth-order valence-electron chi connectivity index (χ4n) is 2.08. The molecular formula is C15H16ClN5OS. The molecule has 2 heterocycles. The molecule has 0 radical (unpaired) electrons. The summed E-state index contributed by atoms with van der Waals surface area (Å²) in [7, 11) is 0. The molecular weight excluding hydrogens is 334 g/mol. The second-order valence-electron chi connectivity index (χ2n) is 4.71. The minimum atomic E-state index is 0.287. The molecule has 0 aliphatic rings. The minimum Gasteiger partial charge on any atom is -0.383 e. The van der Waals surface area contributed by atoms with Crippen LogP contribution in [0.4, 0.5) is 11.8 Å². The van der Waals surface area contributed by atoms with Gasteiger partial charge in [0, 0.05) is 13.2 Å². The number of nitrogens with two attached hydrogens (primary N) is 1. The molecule has 0 saturated heterocycles. The zero-order chi connectivity index (χ0) is 16.2. The number of nitrogen functional groups attached to an aromatic ring is 1. The topological polar surface area (TPSA) is 86.0 Å². The maximum atomic E-state index is 6.30. The minimum absolute atomic E-state index is 0.287. The van der Waals surface area contributed by atoms with E-state index in [1.54, 1.807) is 0 Å². The third-order valence-electron chi connectivity index (χ3n) is 3.13. The van der Waals surface area contributed by atoms with Crippen molar-refractivity contribution >= 4 is 44.9 Å². The van der Waals surface area contributed by atoms with Crippen molar-refractivity contribution in [2.45, 2.75) is 6.92 Å². The summed E-state index contributed by atoms with van der Waals surface area (Å²) < 4.78 is 6.32. The summed E-state index contributed by atoms with van der Waals surface area (Å²) in [5, 5.41) is 4.04. The zero-order valence-corrected chi connectivity index (χ0v) is 14.1. The highest BCUT2D eigenvalue weighted by atomic mass is 35.5. The second kappa shape index (κ2) is 7.08. The number of aromatic nitrogens is 3. The quantitative estimate of drug-likeness (QED) is 0.523. The summed E-state index contributed by atoms with van der Waals surface area (Å²) in [5.74, 6) is 0.694. The zero-order valence-electron chi connectivity index (χ0n) is 12.5. The van der Waals surface area contributed by atoms with E-state index in [1.165, 1.54) is 11.3 Å². The van der Waals surface area contributed by atoms with Gasteiger partial charge < -0.3 is 15.8 Å². The Morgan fingerprint density at radius 2 is 2.09 bits per heavy atom. The molecule has 8 heteroatoms. The van der Waals surface area contributed by atoms with Crippen molar-refractivity contribution in [1.82, 2.24) is 15.0 Å². The standard InChI is InChI=1S/C15H16ClN5OS/c1-2-22-8-7-18-15-20-12(16)11(13(17)21-15)14-19-9-5-3-4-6-10(9)23-14/h3-6H,2,7-8H2,1H3,(H3,17,18,20,21). The van der Waals surface area contributed by atoms with E-state index in [-0.39, 0.29) is 5.15 Å². The predicted molar refractivity (Wildman–Crippen MR) is 95.1 cm³/mol. The van der Waals surface area contributed by atoms with E-state index in [2.05, 4.69) is 20.3 Å². The molecule has 6 nitrogen and oxygen atoms in total. The monoisotopic (exact) mass is 349 g/mol. The summed E-state index contributed by atoms with van der Waals surface area (Å²) in [5.41, 5.74) is 7.54. The molecule has 0 aliphatic carbocycles. The van der Waals surface area contributed by atoms with Gasteiger partial charge in [0.05, 0.1) is 22.4 Å². The highest BCUT2D eigenvalue weighted by Crippen LogP contribution is 2.36. The molecule has 3 N–H and O–H groups in total. The fourth-order valence-corrected chi connectivity index (χ4v) is 3.43.